The van der Waals surface area contributed by atoms with Crippen molar-refractivity contribution in [1.29, 1.82) is 0 Å². The molecule has 0 aliphatic heterocycles. The largest absolute Gasteiger partial charge is 0.327 e. The van der Waals surface area contributed by atoms with Crippen LogP contribution in [0.5, 0.6) is 0 Å². The molecule has 0 saturated carbocycles. The van der Waals surface area contributed by atoms with Gasteiger partial charge in [0.2, 0.25) is 5.69 Å². The molecule has 0 atom stereocenters. The van der Waals surface area contributed by atoms with Crippen LogP contribution in [0.1, 0.15) is 5.56 Å². The van der Waals surface area contributed by atoms with E-state index in [2.05, 4.69) is 84.9 Å². The number of para-hydroxylation sites is 2. The van der Waals surface area contributed by atoms with Crippen molar-refractivity contribution < 1.29 is 4.57 Å². The third-order valence-corrected chi connectivity index (χ3v) is 4.69. The van der Waals surface area contributed by atoms with E-state index < -0.39 is 0 Å². The number of nitrogens with zero attached hydrogens (tertiary/aromatic N) is 3. The lowest BCUT2D eigenvalue weighted by molar-refractivity contribution is -0.660. The maximum atomic E-state index is 4.86. The molecule has 2 aromatic heterocycles. The molecule has 0 amide bonds. The van der Waals surface area contributed by atoms with Gasteiger partial charge in [-0.1, -0.05) is 24.3 Å². The van der Waals surface area contributed by atoms with Gasteiger partial charge in [-0.2, -0.15) is 0 Å². The minimum Gasteiger partial charge on any atom is -0.327 e. The van der Waals surface area contributed by atoms with Crippen LogP contribution >= 0.6 is 0 Å². The summed E-state index contributed by atoms with van der Waals surface area (Å²) in [6.45, 7) is 2.18. The predicted molar refractivity (Wildman–Crippen MR) is 97.5 cm³/mol. The Morgan fingerprint density at radius 1 is 0.875 bits per heavy atom. The molecule has 2 aromatic carbocycles. The second-order valence-electron chi connectivity index (χ2n) is 6.16. The summed E-state index contributed by atoms with van der Waals surface area (Å²) in [6, 6.07) is 21.0. The van der Waals surface area contributed by atoms with E-state index in [0.29, 0.717) is 0 Å². The van der Waals surface area contributed by atoms with Gasteiger partial charge in [-0.05, 0) is 36.8 Å². The fourth-order valence-corrected chi connectivity index (χ4v) is 3.34. The number of benzene rings is 2. The number of hydrogen-bond donors (Lipinski definition) is 0. The Hall–Kier alpha value is -2.94. The third kappa shape index (κ3) is 2.21. The summed E-state index contributed by atoms with van der Waals surface area (Å²) >= 11 is 0. The number of fused-ring (bicyclic) bond motifs is 1. The van der Waals surface area contributed by atoms with E-state index in [0.717, 1.165) is 16.9 Å². The van der Waals surface area contributed by atoms with Crippen LogP contribution in [0, 0.1) is 6.92 Å². The van der Waals surface area contributed by atoms with Crippen LogP contribution in [0.25, 0.3) is 33.7 Å². The zero-order chi connectivity index (χ0) is 16.7. The zero-order valence-electron chi connectivity index (χ0n) is 14.2. The molecule has 118 valence electrons. The van der Waals surface area contributed by atoms with Gasteiger partial charge in [0.05, 0.1) is 11.0 Å². The van der Waals surface area contributed by atoms with Gasteiger partial charge in [-0.3, -0.25) is 0 Å². The molecular weight excluding hydrogens is 294 g/mol. The molecule has 0 unspecified atom stereocenters. The quantitative estimate of drug-likeness (QED) is 0.512. The smallest absolute Gasteiger partial charge is 0.212 e. The molecule has 3 heteroatoms. The minimum absolute atomic E-state index is 1.01. The molecule has 0 fully saturated rings. The molecule has 24 heavy (non-hydrogen) atoms. The van der Waals surface area contributed by atoms with Crippen LogP contribution in [-0.4, -0.2) is 9.55 Å². The average Bonchev–Trinajstić information content (AvgIpc) is 2.93. The fourth-order valence-electron chi connectivity index (χ4n) is 3.34. The standard InChI is InChI=1S/C21H20N3/c1-15-16(19-12-6-7-14-23(19)2)9-8-10-17(15)21-22-18-11-4-5-13-20(18)24(21)3/h4-14H,1-3H3/q+1. The SMILES string of the molecule is Cc1c(-c2nc3ccccc3n2C)cccc1-c1cccc[n+]1C. The van der Waals surface area contributed by atoms with Crippen molar-refractivity contribution in [3.63, 3.8) is 0 Å². The molecule has 0 radical (unpaired) electrons. The van der Waals surface area contributed by atoms with Crippen molar-refractivity contribution >= 4 is 11.0 Å². The molecule has 0 bridgehead atoms. The summed E-state index contributed by atoms with van der Waals surface area (Å²) in [7, 11) is 4.16. The summed E-state index contributed by atoms with van der Waals surface area (Å²) in [6.07, 6.45) is 2.08. The number of aryl methyl sites for hydroxylation is 2. The molecule has 3 nitrogen and oxygen atoms in total. The van der Waals surface area contributed by atoms with E-state index in [9.17, 15) is 0 Å². The molecule has 0 spiro atoms. The van der Waals surface area contributed by atoms with Crippen LogP contribution in [0.2, 0.25) is 0 Å². The van der Waals surface area contributed by atoms with Gasteiger partial charge in [0.25, 0.3) is 0 Å². The first-order valence-electron chi connectivity index (χ1n) is 8.13. The molecule has 0 N–H and O–H groups in total. The Kier molecular flexibility index (Phi) is 3.42. The van der Waals surface area contributed by atoms with Crippen molar-refractivity contribution in [3.05, 3.63) is 72.4 Å². The molecule has 0 aliphatic rings. The molecule has 4 rings (SSSR count). The highest BCUT2D eigenvalue weighted by Crippen LogP contribution is 2.31. The number of imidazole rings is 1. The van der Waals surface area contributed by atoms with Crippen molar-refractivity contribution in [1.82, 2.24) is 9.55 Å². The monoisotopic (exact) mass is 314 g/mol. The fraction of sp³-hybridized carbons (Fsp3) is 0.143. The molecule has 0 aliphatic carbocycles. The third-order valence-electron chi connectivity index (χ3n) is 4.69. The van der Waals surface area contributed by atoms with Gasteiger partial charge in [-0.25, -0.2) is 9.55 Å². The Labute approximate surface area is 141 Å². The zero-order valence-corrected chi connectivity index (χ0v) is 14.2. The highest BCUT2D eigenvalue weighted by atomic mass is 15.1. The molecular formula is C21H20N3+. The van der Waals surface area contributed by atoms with E-state index in [1.54, 1.807) is 0 Å². The topological polar surface area (TPSA) is 21.7 Å². The maximum Gasteiger partial charge on any atom is 0.212 e. The van der Waals surface area contributed by atoms with Crippen LogP contribution in [0.4, 0.5) is 0 Å². The summed E-state index contributed by atoms with van der Waals surface area (Å²) in [5.74, 6) is 1.01. The van der Waals surface area contributed by atoms with E-state index in [1.165, 1.54) is 22.4 Å². The van der Waals surface area contributed by atoms with E-state index >= 15 is 0 Å². The highest BCUT2D eigenvalue weighted by molar-refractivity contribution is 5.82. The van der Waals surface area contributed by atoms with Gasteiger partial charge in [0, 0.05) is 30.3 Å². The van der Waals surface area contributed by atoms with Gasteiger partial charge in [0.1, 0.15) is 12.9 Å². The minimum atomic E-state index is 1.01. The molecule has 0 saturated heterocycles. The molecule has 2 heterocycles. The van der Waals surface area contributed by atoms with Crippen LogP contribution in [0.3, 0.4) is 0 Å². The average molecular weight is 314 g/mol. The summed E-state index contributed by atoms with van der Waals surface area (Å²) < 4.78 is 4.33. The predicted octanol–water partition coefficient (Wildman–Crippen LogP) is 4.04. The Morgan fingerprint density at radius 2 is 1.62 bits per heavy atom. The van der Waals surface area contributed by atoms with Gasteiger partial charge in [-0.15, -0.1) is 0 Å². The highest BCUT2D eigenvalue weighted by Gasteiger charge is 2.17. The first kappa shape index (κ1) is 14.6. The number of rotatable bonds is 2. The second-order valence-corrected chi connectivity index (χ2v) is 6.16. The summed E-state index contributed by atoms with van der Waals surface area (Å²) in [5, 5.41) is 0. The van der Waals surface area contributed by atoms with Crippen molar-refractivity contribution in [2.75, 3.05) is 0 Å². The van der Waals surface area contributed by atoms with Crippen molar-refractivity contribution in [2.45, 2.75) is 6.92 Å². The van der Waals surface area contributed by atoms with Crippen LogP contribution in [-0.2, 0) is 14.1 Å². The van der Waals surface area contributed by atoms with Crippen LogP contribution < -0.4 is 4.57 Å². The van der Waals surface area contributed by atoms with E-state index in [1.807, 2.05) is 12.1 Å². The Balaban J connectivity index is 1.95. The Bertz CT molecular complexity index is 1040. The van der Waals surface area contributed by atoms with E-state index in [-0.39, 0.29) is 0 Å². The maximum absolute atomic E-state index is 4.86. The van der Waals surface area contributed by atoms with Crippen molar-refractivity contribution in [2.24, 2.45) is 14.1 Å². The van der Waals surface area contributed by atoms with Crippen molar-refractivity contribution in [3.8, 4) is 22.6 Å². The number of pyridine rings is 1. The van der Waals surface area contributed by atoms with Crippen LogP contribution in [0.15, 0.2) is 66.9 Å². The van der Waals surface area contributed by atoms with Gasteiger partial charge in [0.15, 0.2) is 6.20 Å². The second kappa shape index (κ2) is 5.60. The number of aromatic nitrogens is 3. The first-order chi connectivity index (χ1) is 11.7. The lowest BCUT2D eigenvalue weighted by Gasteiger charge is -2.10. The van der Waals surface area contributed by atoms with E-state index in [4.69, 9.17) is 4.98 Å². The van der Waals surface area contributed by atoms with Gasteiger partial charge < -0.3 is 4.57 Å². The lowest BCUT2D eigenvalue weighted by atomic mass is 9.99. The molecule has 4 aromatic rings. The van der Waals surface area contributed by atoms with Gasteiger partial charge >= 0.3 is 0 Å². The Morgan fingerprint density at radius 3 is 2.42 bits per heavy atom. The number of hydrogen-bond acceptors (Lipinski definition) is 1. The summed E-state index contributed by atoms with van der Waals surface area (Å²) in [5.41, 5.74) is 7.05. The normalized spacial score (nSPS) is 11.1. The first-order valence-corrected chi connectivity index (χ1v) is 8.13. The lowest BCUT2D eigenvalue weighted by Crippen LogP contribution is -2.30. The summed E-state index contributed by atoms with van der Waals surface area (Å²) in [4.78, 5) is 4.86.